The molecule has 0 saturated carbocycles. The minimum absolute atomic E-state index is 0.0545. The Balaban J connectivity index is 2.18. The molecule has 1 aromatic rings. The number of anilines is 1. The third kappa shape index (κ3) is 3.51. The van der Waals surface area contributed by atoms with Gasteiger partial charge in [-0.15, -0.1) is 11.6 Å². The van der Waals surface area contributed by atoms with Gasteiger partial charge in [-0.3, -0.25) is 0 Å². The van der Waals surface area contributed by atoms with E-state index in [1.54, 1.807) is 6.20 Å². The van der Waals surface area contributed by atoms with Crippen LogP contribution in [0.3, 0.4) is 0 Å². The lowest BCUT2D eigenvalue weighted by molar-refractivity contribution is 0.0359. The number of halogens is 1. The van der Waals surface area contributed by atoms with E-state index in [2.05, 4.69) is 23.7 Å². The quantitative estimate of drug-likeness (QED) is 0.779. The van der Waals surface area contributed by atoms with Crippen LogP contribution in [0, 0.1) is 0 Å². The molecule has 0 amide bonds. The molecule has 0 aromatic carbocycles. The third-order valence-electron chi connectivity index (χ3n) is 3.16. The lowest BCUT2D eigenvalue weighted by atomic mass is 10.2. The molecule has 2 rings (SSSR count). The van der Waals surface area contributed by atoms with Gasteiger partial charge in [0.2, 0.25) is 0 Å². The fraction of sp³-hybridized carbons (Fsp3) is 0.643. The Morgan fingerprint density at radius 1 is 1.58 bits per heavy atom. The smallest absolute Gasteiger partial charge is 0.171 e. The van der Waals surface area contributed by atoms with Crippen LogP contribution in [0.15, 0.2) is 18.3 Å². The molecule has 0 N–H and O–H groups in total. The number of aromatic nitrogens is 1. The molecule has 1 aromatic heterocycles. The SMILES string of the molecule is CCCOc1cccnc1N1CC(CCl)OCC1C. The van der Waals surface area contributed by atoms with E-state index in [4.69, 9.17) is 21.1 Å². The van der Waals surface area contributed by atoms with Crippen molar-refractivity contribution in [3.63, 3.8) is 0 Å². The Kier molecular flexibility index (Phi) is 5.28. The summed E-state index contributed by atoms with van der Waals surface area (Å²) in [6, 6.07) is 4.15. The van der Waals surface area contributed by atoms with Gasteiger partial charge in [0.15, 0.2) is 11.6 Å². The standard InChI is InChI=1S/C14H21ClN2O2/c1-3-7-18-13-5-4-6-16-14(13)17-9-12(8-15)19-10-11(17)2/h4-6,11-12H,3,7-10H2,1-2H3. The summed E-state index contributed by atoms with van der Waals surface area (Å²) in [7, 11) is 0. The number of pyridine rings is 1. The summed E-state index contributed by atoms with van der Waals surface area (Å²) in [6.45, 7) is 6.35. The van der Waals surface area contributed by atoms with E-state index in [9.17, 15) is 0 Å². The van der Waals surface area contributed by atoms with Gasteiger partial charge in [-0.2, -0.15) is 0 Å². The lowest BCUT2D eigenvalue weighted by Crippen LogP contribution is -2.49. The fourth-order valence-corrected chi connectivity index (χ4v) is 2.32. The fourth-order valence-electron chi connectivity index (χ4n) is 2.13. The molecule has 19 heavy (non-hydrogen) atoms. The molecule has 1 fully saturated rings. The topological polar surface area (TPSA) is 34.6 Å². The van der Waals surface area contributed by atoms with Crippen LogP contribution >= 0.6 is 11.6 Å². The van der Waals surface area contributed by atoms with Gasteiger partial charge in [0, 0.05) is 12.7 Å². The third-order valence-corrected chi connectivity index (χ3v) is 3.51. The average Bonchev–Trinajstić information content (AvgIpc) is 2.46. The molecular weight excluding hydrogens is 264 g/mol. The minimum Gasteiger partial charge on any atom is -0.490 e. The van der Waals surface area contributed by atoms with Gasteiger partial charge in [-0.05, 0) is 25.5 Å². The second-order valence-corrected chi connectivity index (χ2v) is 5.09. The molecule has 106 valence electrons. The van der Waals surface area contributed by atoms with Crippen molar-refractivity contribution < 1.29 is 9.47 Å². The number of rotatable bonds is 5. The molecule has 1 saturated heterocycles. The van der Waals surface area contributed by atoms with Gasteiger partial charge >= 0.3 is 0 Å². The number of nitrogens with zero attached hydrogens (tertiary/aromatic N) is 2. The molecule has 4 nitrogen and oxygen atoms in total. The Hall–Kier alpha value is -1.00. The minimum atomic E-state index is 0.0545. The first-order valence-corrected chi connectivity index (χ1v) is 7.31. The van der Waals surface area contributed by atoms with Crippen molar-refractivity contribution in [2.45, 2.75) is 32.4 Å². The van der Waals surface area contributed by atoms with Crippen molar-refractivity contribution in [2.24, 2.45) is 0 Å². The zero-order valence-electron chi connectivity index (χ0n) is 11.5. The summed E-state index contributed by atoms with van der Waals surface area (Å²) < 4.78 is 11.4. The van der Waals surface area contributed by atoms with Crippen molar-refractivity contribution in [3.8, 4) is 5.75 Å². The molecule has 5 heteroatoms. The van der Waals surface area contributed by atoms with Crippen molar-refractivity contribution in [1.82, 2.24) is 4.98 Å². The maximum Gasteiger partial charge on any atom is 0.171 e. The number of ether oxygens (including phenoxy) is 2. The summed E-state index contributed by atoms with van der Waals surface area (Å²) in [6.07, 6.45) is 2.84. The van der Waals surface area contributed by atoms with Crippen LogP contribution < -0.4 is 9.64 Å². The zero-order valence-corrected chi connectivity index (χ0v) is 12.3. The number of hydrogen-bond donors (Lipinski definition) is 0. The zero-order chi connectivity index (χ0) is 13.7. The molecule has 1 aliphatic heterocycles. The Morgan fingerprint density at radius 3 is 3.16 bits per heavy atom. The van der Waals surface area contributed by atoms with Gasteiger partial charge in [-0.1, -0.05) is 6.92 Å². The predicted molar refractivity (Wildman–Crippen MR) is 77.3 cm³/mol. The second-order valence-electron chi connectivity index (χ2n) is 4.78. The number of morpholine rings is 1. The number of hydrogen-bond acceptors (Lipinski definition) is 4. The molecular formula is C14H21ClN2O2. The highest BCUT2D eigenvalue weighted by molar-refractivity contribution is 6.18. The molecule has 0 spiro atoms. The van der Waals surface area contributed by atoms with E-state index in [0.717, 1.165) is 24.5 Å². The van der Waals surface area contributed by atoms with Gasteiger partial charge in [0.05, 0.1) is 31.2 Å². The van der Waals surface area contributed by atoms with Crippen LogP contribution in [0.4, 0.5) is 5.82 Å². The molecule has 2 unspecified atom stereocenters. The second kappa shape index (κ2) is 6.96. The molecule has 2 heterocycles. The van der Waals surface area contributed by atoms with Crippen molar-refractivity contribution >= 4 is 17.4 Å². The van der Waals surface area contributed by atoms with E-state index >= 15 is 0 Å². The summed E-state index contributed by atoms with van der Waals surface area (Å²) in [5.74, 6) is 2.23. The molecule has 0 radical (unpaired) electrons. The predicted octanol–water partition coefficient (Wildman–Crippen LogP) is 2.70. The Bertz CT molecular complexity index is 403. The Morgan fingerprint density at radius 2 is 2.42 bits per heavy atom. The summed E-state index contributed by atoms with van der Waals surface area (Å²) in [4.78, 5) is 6.70. The largest absolute Gasteiger partial charge is 0.490 e. The van der Waals surface area contributed by atoms with E-state index in [0.29, 0.717) is 19.1 Å². The normalized spacial score (nSPS) is 23.4. The summed E-state index contributed by atoms with van der Waals surface area (Å²) in [5.41, 5.74) is 0. The molecule has 1 aliphatic rings. The lowest BCUT2D eigenvalue weighted by Gasteiger charge is -2.38. The van der Waals surface area contributed by atoms with Crippen molar-refractivity contribution in [1.29, 1.82) is 0 Å². The maximum absolute atomic E-state index is 5.90. The Labute approximate surface area is 119 Å². The van der Waals surface area contributed by atoms with Gasteiger partial charge in [0.1, 0.15) is 0 Å². The van der Waals surface area contributed by atoms with E-state index in [-0.39, 0.29) is 12.1 Å². The first-order valence-electron chi connectivity index (χ1n) is 6.78. The molecule has 2 atom stereocenters. The van der Waals surface area contributed by atoms with Crippen LogP contribution in [0.5, 0.6) is 5.75 Å². The summed E-state index contributed by atoms with van der Waals surface area (Å²) >= 11 is 5.90. The van der Waals surface area contributed by atoms with Gasteiger partial charge in [-0.25, -0.2) is 4.98 Å². The highest BCUT2D eigenvalue weighted by Crippen LogP contribution is 2.29. The van der Waals surface area contributed by atoms with E-state index in [1.165, 1.54) is 0 Å². The summed E-state index contributed by atoms with van der Waals surface area (Å²) in [5, 5.41) is 0. The first kappa shape index (κ1) is 14.4. The van der Waals surface area contributed by atoms with Crippen LogP contribution in [0.2, 0.25) is 0 Å². The highest BCUT2D eigenvalue weighted by atomic mass is 35.5. The van der Waals surface area contributed by atoms with Gasteiger partial charge < -0.3 is 14.4 Å². The highest BCUT2D eigenvalue weighted by Gasteiger charge is 2.28. The van der Waals surface area contributed by atoms with E-state index in [1.807, 2.05) is 12.1 Å². The first-order chi connectivity index (χ1) is 9.26. The number of alkyl halides is 1. The van der Waals surface area contributed by atoms with Crippen LogP contribution in [0.25, 0.3) is 0 Å². The maximum atomic E-state index is 5.90. The van der Waals surface area contributed by atoms with Crippen LogP contribution in [0.1, 0.15) is 20.3 Å². The average molecular weight is 285 g/mol. The van der Waals surface area contributed by atoms with Crippen LogP contribution in [-0.2, 0) is 4.74 Å². The van der Waals surface area contributed by atoms with E-state index < -0.39 is 0 Å². The van der Waals surface area contributed by atoms with Crippen molar-refractivity contribution in [2.75, 3.05) is 30.5 Å². The monoisotopic (exact) mass is 284 g/mol. The van der Waals surface area contributed by atoms with Gasteiger partial charge in [0.25, 0.3) is 0 Å². The van der Waals surface area contributed by atoms with Crippen molar-refractivity contribution in [3.05, 3.63) is 18.3 Å². The molecule has 0 aliphatic carbocycles. The molecule has 0 bridgehead atoms. The van der Waals surface area contributed by atoms with Crippen LogP contribution in [-0.4, -0.2) is 42.8 Å².